The first-order valence-corrected chi connectivity index (χ1v) is 6.48. The van der Waals surface area contributed by atoms with Crippen LogP contribution in [0.1, 0.15) is 12.0 Å². The van der Waals surface area contributed by atoms with E-state index < -0.39 is 0 Å². The topological polar surface area (TPSA) is 31.9 Å². The molecule has 0 fully saturated rings. The van der Waals surface area contributed by atoms with Crippen molar-refractivity contribution in [1.29, 1.82) is 0 Å². The molecular weight excluding hydrogens is 238 g/mol. The predicted octanol–water partition coefficient (Wildman–Crippen LogP) is 3.28. The molecule has 0 bridgehead atoms. The fraction of sp³-hybridized carbons (Fsp3) is 0.273. The molecule has 0 saturated carbocycles. The van der Waals surface area contributed by atoms with Crippen molar-refractivity contribution in [2.45, 2.75) is 12.8 Å². The average molecular weight is 249 g/mol. The van der Waals surface area contributed by atoms with E-state index in [1.165, 1.54) is 29.0 Å². The number of anilines is 2. The lowest BCUT2D eigenvalue weighted by molar-refractivity contribution is 0.761. The number of aromatic amines is 1. The standard InChI is InChI=1S/C11H11N3S2/c15-11-13-12-10(16-11)14-7-3-5-8-4-1-2-6-9(8)14/h1-2,4,6H,3,5,7H2,(H,13,15). The van der Waals surface area contributed by atoms with Gasteiger partial charge in [0.1, 0.15) is 0 Å². The Balaban J connectivity index is 2.08. The molecule has 0 saturated heterocycles. The van der Waals surface area contributed by atoms with E-state index in [-0.39, 0.29) is 0 Å². The molecule has 0 spiro atoms. The van der Waals surface area contributed by atoms with Crippen molar-refractivity contribution in [2.24, 2.45) is 0 Å². The molecule has 1 aliphatic heterocycles. The van der Waals surface area contributed by atoms with Gasteiger partial charge in [-0.25, -0.2) is 0 Å². The molecule has 0 unspecified atom stereocenters. The summed E-state index contributed by atoms with van der Waals surface area (Å²) in [6, 6.07) is 8.50. The van der Waals surface area contributed by atoms with Gasteiger partial charge in [0.15, 0.2) is 3.95 Å². The number of aromatic nitrogens is 2. The molecule has 2 aromatic rings. The molecule has 2 heterocycles. The van der Waals surface area contributed by atoms with Gasteiger partial charge < -0.3 is 4.90 Å². The van der Waals surface area contributed by atoms with Crippen LogP contribution >= 0.6 is 23.6 Å². The molecule has 3 rings (SSSR count). The van der Waals surface area contributed by atoms with Crippen LogP contribution in [0.25, 0.3) is 0 Å². The zero-order chi connectivity index (χ0) is 11.0. The minimum Gasteiger partial charge on any atom is -0.316 e. The monoisotopic (exact) mass is 249 g/mol. The Morgan fingerprint density at radius 2 is 2.25 bits per heavy atom. The van der Waals surface area contributed by atoms with Gasteiger partial charge in [0, 0.05) is 12.2 Å². The largest absolute Gasteiger partial charge is 0.316 e. The van der Waals surface area contributed by atoms with Crippen LogP contribution < -0.4 is 4.90 Å². The van der Waals surface area contributed by atoms with E-state index >= 15 is 0 Å². The van der Waals surface area contributed by atoms with Crippen molar-refractivity contribution in [3.05, 3.63) is 33.8 Å². The van der Waals surface area contributed by atoms with Gasteiger partial charge in [-0.15, -0.1) is 5.10 Å². The molecule has 0 radical (unpaired) electrons. The number of hydrogen-bond acceptors (Lipinski definition) is 4. The summed E-state index contributed by atoms with van der Waals surface area (Å²) in [5.74, 6) is 0. The van der Waals surface area contributed by atoms with Crippen molar-refractivity contribution in [3.8, 4) is 0 Å². The summed E-state index contributed by atoms with van der Waals surface area (Å²) in [4.78, 5) is 2.25. The molecular formula is C11H11N3S2. The van der Waals surface area contributed by atoms with Crippen LogP contribution in [0, 0.1) is 3.95 Å². The van der Waals surface area contributed by atoms with Gasteiger partial charge in [-0.05, 0) is 36.7 Å². The number of hydrogen-bond donors (Lipinski definition) is 1. The van der Waals surface area contributed by atoms with Crippen LogP contribution in [0.5, 0.6) is 0 Å². The summed E-state index contributed by atoms with van der Waals surface area (Å²) in [5, 5.41) is 8.06. The lowest BCUT2D eigenvalue weighted by Crippen LogP contribution is -2.24. The van der Waals surface area contributed by atoms with Crippen LogP contribution in [0.4, 0.5) is 10.8 Å². The lowest BCUT2D eigenvalue weighted by atomic mass is 10.0. The zero-order valence-electron chi connectivity index (χ0n) is 8.64. The highest BCUT2D eigenvalue weighted by molar-refractivity contribution is 7.73. The number of aryl methyl sites for hydroxylation is 1. The van der Waals surface area contributed by atoms with Crippen molar-refractivity contribution >= 4 is 34.4 Å². The van der Waals surface area contributed by atoms with Gasteiger partial charge in [-0.2, -0.15) is 0 Å². The normalized spacial score (nSPS) is 14.9. The fourth-order valence-electron chi connectivity index (χ4n) is 2.07. The fourth-order valence-corrected chi connectivity index (χ4v) is 2.99. The number of fused-ring (bicyclic) bond motifs is 1. The van der Waals surface area contributed by atoms with E-state index in [0.29, 0.717) is 0 Å². The second-order valence-electron chi connectivity index (χ2n) is 3.78. The van der Waals surface area contributed by atoms with Gasteiger partial charge in [0.2, 0.25) is 5.13 Å². The molecule has 0 amide bonds. The van der Waals surface area contributed by atoms with E-state index in [1.807, 2.05) is 0 Å². The van der Waals surface area contributed by atoms with Crippen molar-refractivity contribution in [2.75, 3.05) is 11.4 Å². The van der Waals surface area contributed by atoms with Gasteiger partial charge in [-0.1, -0.05) is 29.5 Å². The Hall–Kier alpha value is -1.20. The van der Waals surface area contributed by atoms with Crippen LogP contribution in [0.2, 0.25) is 0 Å². The zero-order valence-corrected chi connectivity index (χ0v) is 10.3. The summed E-state index contributed by atoms with van der Waals surface area (Å²) < 4.78 is 0.734. The van der Waals surface area contributed by atoms with Crippen LogP contribution in [-0.2, 0) is 6.42 Å². The molecule has 1 aromatic carbocycles. The number of nitrogens with zero attached hydrogens (tertiary/aromatic N) is 2. The number of H-pyrrole nitrogens is 1. The quantitative estimate of drug-likeness (QED) is 0.787. The number of benzene rings is 1. The molecule has 82 valence electrons. The van der Waals surface area contributed by atoms with E-state index in [1.54, 1.807) is 0 Å². The molecule has 5 heteroatoms. The Morgan fingerprint density at radius 1 is 1.38 bits per heavy atom. The van der Waals surface area contributed by atoms with E-state index in [4.69, 9.17) is 12.2 Å². The highest BCUT2D eigenvalue weighted by atomic mass is 32.1. The molecule has 0 aliphatic carbocycles. The van der Waals surface area contributed by atoms with E-state index in [9.17, 15) is 0 Å². The van der Waals surface area contributed by atoms with Crippen molar-refractivity contribution < 1.29 is 0 Å². The van der Waals surface area contributed by atoms with E-state index in [0.717, 1.165) is 22.1 Å². The maximum Gasteiger partial charge on any atom is 0.211 e. The Labute approximate surface area is 103 Å². The van der Waals surface area contributed by atoms with Gasteiger partial charge >= 0.3 is 0 Å². The molecule has 1 N–H and O–H groups in total. The average Bonchev–Trinajstić information content (AvgIpc) is 2.75. The number of nitrogens with one attached hydrogen (secondary N) is 1. The third-order valence-corrected chi connectivity index (χ3v) is 3.88. The first-order chi connectivity index (χ1) is 7.84. The molecule has 3 nitrogen and oxygen atoms in total. The van der Waals surface area contributed by atoms with Crippen LogP contribution in [0.15, 0.2) is 24.3 Å². The lowest BCUT2D eigenvalue weighted by Gasteiger charge is -2.28. The third-order valence-electron chi connectivity index (χ3n) is 2.77. The van der Waals surface area contributed by atoms with Crippen LogP contribution in [-0.4, -0.2) is 16.7 Å². The molecule has 16 heavy (non-hydrogen) atoms. The minimum atomic E-state index is 0.734. The summed E-state index contributed by atoms with van der Waals surface area (Å²) in [6.45, 7) is 1.02. The minimum absolute atomic E-state index is 0.734. The molecule has 1 aliphatic rings. The summed E-state index contributed by atoms with van der Waals surface area (Å²) in [5.41, 5.74) is 2.67. The summed E-state index contributed by atoms with van der Waals surface area (Å²) in [6.07, 6.45) is 2.33. The number of para-hydroxylation sites is 1. The Morgan fingerprint density at radius 3 is 3.06 bits per heavy atom. The smallest absolute Gasteiger partial charge is 0.211 e. The highest BCUT2D eigenvalue weighted by Crippen LogP contribution is 2.33. The predicted molar refractivity (Wildman–Crippen MR) is 69.1 cm³/mol. The third kappa shape index (κ3) is 1.66. The van der Waals surface area contributed by atoms with Crippen molar-refractivity contribution in [1.82, 2.24) is 10.2 Å². The second-order valence-corrected chi connectivity index (χ2v) is 5.42. The van der Waals surface area contributed by atoms with Gasteiger partial charge in [-0.3, -0.25) is 5.10 Å². The Bertz CT molecular complexity index is 558. The SMILES string of the molecule is S=c1[nH]nc(N2CCCc3ccccc32)s1. The van der Waals surface area contributed by atoms with Gasteiger partial charge in [0.05, 0.1) is 0 Å². The van der Waals surface area contributed by atoms with Crippen molar-refractivity contribution in [3.63, 3.8) is 0 Å². The first-order valence-electron chi connectivity index (χ1n) is 5.25. The highest BCUT2D eigenvalue weighted by Gasteiger charge is 2.19. The van der Waals surface area contributed by atoms with E-state index in [2.05, 4.69) is 39.4 Å². The van der Waals surface area contributed by atoms with Gasteiger partial charge in [0.25, 0.3) is 0 Å². The van der Waals surface area contributed by atoms with Crippen LogP contribution in [0.3, 0.4) is 0 Å². The Kier molecular flexibility index (Phi) is 2.49. The maximum atomic E-state index is 5.07. The first kappa shape index (κ1) is 9.99. The summed E-state index contributed by atoms with van der Waals surface area (Å²) >= 11 is 6.61. The molecule has 1 aromatic heterocycles. The summed E-state index contributed by atoms with van der Waals surface area (Å²) in [7, 11) is 0. The second kappa shape index (κ2) is 3.99. The number of rotatable bonds is 1. The molecule has 0 atom stereocenters. The maximum absolute atomic E-state index is 5.07.